The number of thioether (sulfide) groups is 1. The number of halogens is 2. The number of hydrogen-bond acceptors (Lipinski definition) is 5. The zero-order valence-corrected chi connectivity index (χ0v) is 19.7. The van der Waals surface area contributed by atoms with Crippen molar-refractivity contribution < 1.29 is 19.4 Å². The first-order chi connectivity index (χ1) is 15.9. The number of aromatic hydroxyl groups is 1. The van der Waals surface area contributed by atoms with Gasteiger partial charge in [-0.15, -0.1) is 0 Å². The van der Waals surface area contributed by atoms with Crippen LogP contribution >= 0.6 is 35.0 Å². The van der Waals surface area contributed by atoms with E-state index in [-0.39, 0.29) is 29.0 Å². The standard InChI is InChI=1S/C25H19Cl2NO4S/c26-19-6-2-1-5-17(19)13-16-9-10-21(29)18(14-16)15-23-24(30)28(25(31)33-23)11-12-32-22-8-4-3-7-20(22)27/h1-10,14-15,29H,11-13H2/b23-15-. The zero-order valence-electron chi connectivity index (χ0n) is 17.3. The number of benzene rings is 3. The highest BCUT2D eigenvalue weighted by Gasteiger charge is 2.35. The van der Waals surface area contributed by atoms with E-state index in [1.807, 2.05) is 24.3 Å². The minimum absolute atomic E-state index is 0.0201. The summed E-state index contributed by atoms with van der Waals surface area (Å²) in [7, 11) is 0. The fourth-order valence-electron chi connectivity index (χ4n) is 3.33. The molecule has 8 heteroatoms. The number of carbonyl (C=O) groups excluding carboxylic acids is 2. The number of rotatable bonds is 7. The van der Waals surface area contributed by atoms with E-state index in [0.717, 1.165) is 27.8 Å². The fourth-order valence-corrected chi connectivity index (χ4v) is 4.58. The van der Waals surface area contributed by atoms with Gasteiger partial charge in [0, 0.05) is 10.6 Å². The van der Waals surface area contributed by atoms with Crippen LogP contribution in [-0.2, 0) is 11.2 Å². The Morgan fingerprint density at radius 1 is 0.970 bits per heavy atom. The Morgan fingerprint density at radius 3 is 2.45 bits per heavy atom. The van der Waals surface area contributed by atoms with E-state index < -0.39 is 5.91 Å². The Morgan fingerprint density at radius 2 is 1.70 bits per heavy atom. The summed E-state index contributed by atoms with van der Waals surface area (Å²) in [6.45, 7) is 0.208. The lowest BCUT2D eigenvalue weighted by molar-refractivity contribution is -0.123. The maximum atomic E-state index is 12.8. The SMILES string of the molecule is O=C1S/C(=C\c2cc(Cc3ccccc3Cl)ccc2O)C(=O)N1CCOc1ccccc1Cl. The van der Waals surface area contributed by atoms with E-state index in [1.54, 1.807) is 42.5 Å². The Hall–Kier alpha value is -2.93. The minimum Gasteiger partial charge on any atom is -0.507 e. The Balaban J connectivity index is 1.46. The Kier molecular flexibility index (Phi) is 7.28. The molecule has 1 heterocycles. The van der Waals surface area contributed by atoms with Gasteiger partial charge in [-0.2, -0.15) is 0 Å². The molecule has 0 bridgehead atoms. The van der Waals surface area contributed by atoms with E-state index in [1.165, 1.54) is 6.08 Å². The highest BCUT2D eigenvalue weighted by atomic mass is 35.5. The third-order valence-corrected chi connectivity index (χ3v) is 6.60. The first-order valence-corrected chi connectivity index (χ1v) is 11.7. The van der Waals surface area contributed by atoms with Crippen molar-refractivity contribution in [2.75, 3.05) is 13.2 Å². The monoisotopic (exact) mass is 499 g/mol. The lowest BCUT2D eigenvalue weighted by Crippen LogP contribution is -2.32. The Bertz CT molecular complexity index is 1240. The molecule has 1 fully saturated rings. The number of amides is 2. The first kappa shape index (κ1) is 23.2. The summed E-state index contributed by atoms with van der Waals surface area (Å²) in [5.41, 5.74) is 2.33. The lowest BCUT2D eigenvalue weighted by Gasteiger charge is -2.13. The largest absolute Gasteiger partial charge is 0.507 e. The van der Waals surface area contributed by atoms with Gasteiger partial charge in [0.05, 0.1) is 16.5 Å². The van der Waals surface area contributed by atoms with E-state index in [2.05, 4.69) is 0 Å². The maximum absolute atomic E-state index is 12.8. The molecule has 0 unspecified atom stereocenters. The average Bonchev–Trinajstić information content (AvgIpc) is 3.06. The summed E-state index contributed by atoms with van der Waals surface area (Å²) in [6, 6.07) is 19.7. The molecule has 1 aliphatic heterocycles. The average molecular weight is 500 g/mol. The molecule has 1 saturated heterocycles. The second-order valence-corrected chi connectivity index (χ2v) is 9.08. The molecule has 168 valence electrons. The molecule has 3 aromatic carbocycles. The molecule has 0 saturated carbocycles. The van der Waals surface area contributed by atoms with Gasteiger partial charge in [-0.25, -0.2) is 0 Å². The molecule has 1 aliphatic rings. The number of phenolic OH excluding ortho intramolecular Hbond substituents is 1. The third kappa shape index (κ3) is 5.53. The van der Waals surface area contributed by atoms with Crippen molar-refractivity contribution in [2.24, 2.45) is 0 Å². The van der Waals surface area contributed by atoms with Crippen LogP contribution in [0.2, 0.25) is 10.0 Å². The van der Waals surface area contributed by atoms with E-state index >= 15 is 0 Å². The summed E-state index contributed by atoms with van der Waals surface area (Å²) in [4.78, 5) is 26.6. The van der Waals surface area contributed by atoms with Crippen LogP contribution < -0.4 is 4.74 Å². The number of phenols is 1. The van der Waals surface area contributed by atoms with Crippen molar-refractivity contribution in [1.29, 1.82) is 0 Å². The van der Waals surface area contributed by atoms with Crippen LogP contribution in [0.5, 0.6) is 11.5 Å². The van der Waals surface area contributed by atoms with E-state index in [9.17, 15) is 14.7 Å². The molecule has 0 spiro atoms. The van der Waals surface area contributed by atoms with Crippen LogP contribution in [0.3, 0.4) is 0 Å². The van der Waals surface area contributed by atoms with Gasteiger partial charge in [-0.3, -0.25) is 14.5 Å². The van der Waals surface area contributed by atoms with Gasteiger partial charge in [-0.05, 0) is 65.7 Å². The molecule has 0 atom stereocenters. The molecule has 4 rings (SSSR count). The topological polar surface area (TPSA) is 66.8 Å². The smallest absolute Gasteiger partial charge is 0.293 e. The molecule has 33 heavy (non-hydrogen) atoms. The number of imide groups is 1. The number of nitrogens with zero attached hydrogens (tertiary/aromatic N) is 1. The van der Waals surface area contributed by atoms with Gasteiger partial charge >= 0.3 is 0 Å². The molecule has 0 aliphatic carbocycles. The van der Waals surface area contributed by atoms with Crippen molar-refractivity contribution in [3.63, 3.8) is 0 Å². The van der Waals surface area contributed by atoms with Crippen molar-refractivity contribution in [1.82, 2.24) is 4.90 Å². The van der Waals surface area contributed by atoms with Crippen molar-refractivity contribution in [2.45, 2.75) is 6.42 Å². The molecule has 0 aromatic heterocycles. The van der Waals surface area contributed by atoms with Crippen LogP contribution in [0.25, 0.3) is 6.08 Å². The molecular weight excluding hydrogens is 481 g/mol. The van der Waals surface area contributed by atoms with Crippen molar-refractivity contribution >= 4 is 52.2 Å². The highest BCUT2D eigenvalue weighted by molar-refractivity contribution is 8.18. The molecule has 3 aromatic rings. The summed E-state index contributed by atoms with van der Waals surface area (Å²) in [6.07, 6.45) is 2.10. The van der Waals surface area contributed by atoms with Gasteiger partial charge in [0.15, 0.2) is 0 Å². The maximum Gasteiger partial charge on any atom is 0.293 e. The molecule has 5 nitrogen and oxygen atoms in total. The summed E-state index contributed by atoms with van der Waals surface area (Å²) >= 11 is 13.1. The fraction of sp³-hybridized carbons (Fsp3) is 0.120. The van der Waals surface area contributed by atoms with Crippen LogP contribution in [0, 0.1) is 0 Å². The van der Waals surface area contributed by atoms with Crippen LogP contribution in [0.15, 0.2) is 71.6 Å². The molecule has 1 N–H and O–H groups in total. The van der Waals surface area contributed by atoms with Gasteiger partial charge < -0.3 is 9.84 Å². The van der Waals surface area contributed by atoms with Gasteiger partial charge in [-0.1, -0.05) is 59.6 Å². The predicted molar refractivity (Wildman–Crippen MR) is 132 cm³/mol. The molecule has 2 amide bonds. The predicted octanol–water partition coefficient (Wildman–Crippen LogP) is 6.41. The molecule has 0 radical (unpaired) electrons. The minimum atomic E-state index is -0.427. The first-order valence-electron chi connectivity index (χ1n) is 10.1. The van der Waals surface area contributed by atoms with Crippen molar-refractivity contribution in [3.8, 4) is 11.5 Å². The van der Waals surface area contributed by atoms with Crippen LogP contribution in [0.4, 0.5) is 4.79 Å². The quantitative estimate of drug-likeness (QED) is 0.380. The summed E-state index contributed by atoms with van der Waals surface area (Å²) in [5, 5.41) is 11.0. The van der Waals surface area contributed by atoms with Gasteiger partial charge in [0.1, 0.15) is 18.1 Å². The lowest BCUT2D eigenvalue weighted by atomic mass is 10.0. The Labute approximate surface area is 205 Å². The van der Waals surface area contributed by atoms with Gasteiger partial charge in [0.2, 0.25) is 0 Å². The second kappa shape index (κ2) is 10.3. The normalized spacial score (nSPS) is 14.8. The second-order valence-electron chi connectivity index (χ2n) is 7.27. The highest BCUT2D eigenvalue weighted by Crippen LogP contribution is 2.34. The van der Waals surface area contributed by atoms with Crippen LogP contribution in [0.1, 0.15) is 16.7 Å². The zero-order chi connectivity index (χ0) is 23.4. The number of para-hydroxylation sites is 1. The molecular formula is C25H19Cl2NO4S. The van der Waals surface area contributed by atoms with Crippen molar-refractivity contribution in [3.05, 3.63) is 98.4 Å². The number of hydrogen-bond donors (Lipinski definition) is 1. The summed E-state index contributed by atoms with van der Waals surface area (Å²) in [5.74, 6) is 0.0809. The number of carbonyl (C=O) groups is 2. The summed E-state index contributed by atoms with van der Waals surface area (Å²) < 4.78 is 5.59. The van der Waals surface area contributed by atoms with E-state index in [4.69, 9.17) is 27.9 Å². The number of ether oxygens (including phenoxy) is 1. The third-order valence-electron chi connectivity index (χ3n) is 5.01. The van der Waals surface area contributed by atoms with Gasteiger partial charge in [0.25, 0.3) is 11.1 Å². The van der Waals surface area contributed by atoms with E-state index in [0.29, 0.717) is 27.8 Å². The van der Waals surface area contributed by atoms with Crippen LogP contribution in [-0.4, -0.2) is 34.3 Å².